The summed E-state index contributed by atoms with van der Waals surface area (Å²) in [6.07, 6.45) is 6.87. The molecule has 1 heterocycles. The number of nitrogens with zero attached hydrogens (tertiary/aromatic N) is 2. The molecule has 112 valence electrons. The predicted molar refractivity (Wildman–Crippen MR) is 87.5 cm³/mol. The number of halogens is 2. The molecule has 0 bridgehead atoms. The summed E-state index contributed by atoms with van der Waals surface area (Å²) in [7, 11) is 0. The lowest BCUT2D eigenvalue weighted by molar-refractivity contribution is 0.177. The summed E-state index contributed by atoms with van der Waals surface area (Å²) in [6, 6.07) is 8.05. The number of aliphatic hydroxyl groups is 1. The third-order valence-corrected chi connectivity index (χ3v) is 4.92. The van der Waals surface area contributed by atoms with Gasteiger partial charge in [0.05, 0.1) is 17.8 Å². The smallest absolute Gasteiger partial charge is 0.0860 e. The Morgan fingerprint density at radius 3 is 2.86 bits per heavy atom. The monoisotopic (exact) mass is 368 g/mol. The Balaban J connectivity index is 1.72. The second kappa shape index (κ2) is 6.51. The molecular weight excluding hydrogens is 352 g/mol. The molecule has 1 saturated carbocycles. The highest BCUT2D eigenvalue weighted by Crippen LogP contribution is 2.30. The van der Waals surface area contributed by atoms with Gasteiger partial charge in [-0.3, -0.25) is 4.68 Å². The molecule has 1 N–H and O–H groups in total. The van der Waals surface area contributed by atoms with Crippen molar-refractivity contribution < 1.29 is 5.11 Å². The summed E-state index contributed by atoms with van der Waals surface area (Å²) in [5, 5.41) is 15.6. The first kappa shape index (κ1) is 15.1. The average Bonchev–Trinajstić information content (AvgIpc) is 3.11. The molecular formula is C16H18BrClN2O. The van der Waals surface area contributed by atoms with Gasteiger partial charge in [0, 0.05) is 27.7 Å². The van der Waals surface area contributed by atoms with E-state index in [0.717, 1.165) is 15.7 Å². The van der Waals surface area contributed by atoms with Crippen LogP contribution in [0.3, 0.4) is 0 Å². The number of rotatable bonds is 4. The summed E-state index contributed by atoms with van der Waals surface area (Å²) < 4.78 is 2.97. The highest BCUT2D eigenvalue weighted by molar-refractivity contribution is 9.10. The van der Waals surface area contributed by atoms with E-state index < -0.39 is 6.10 Å². The van der Waals surface area contributed by atoms with Gasteiger partial charge in [0.15, 0.2) is 0 Å². The molecule has 1 aromatic heterocycles. The van der Waals surface area contributed by atoms with E-state index in [9.17, 15) is 5.11 Å². The zero-order chi connectivity index (χ0) is 14.8. The molecule has 2 aromatic rings. The largest absolute Gasteiger partial charge is 0.388 e. The van der Waals surface area contributed by atoms with E-state index in [1.54, 1.807) is 6.07 Å². The Morgan fingerprint density at radius 1 is 1.33 bits per heavy atom. The van der Waals surface area contributed by atoms with Crippen molar-refractivity contribution in [2.45, 2.75) is 44.2 Å². The van der Waals surface area contributed by atoms with Gasteiger partial charge in [-0.05, 0) is 37.1 Å². The van der Waals surface area contributed by atoms with Crippen molar-refractivity contribution in [3.63, 3.8) is 0 Å². The fourth-order valence-electron chi connectivity index (χ4n) is 2.94. The SMILES string of the molecule is OC(Cc1ccn(C2CCCC2)n1)c1cc(Br)ccc1Cl. The second-order valence-corrected chi connectivity index (χ2v) is 6.93. The maximum atomic E-state index is 10.4. The molecule has 5 heteroatoms. The Hall–Kier alpha value is -0.840. The van der Waals surface area contributed by atoms with Gasteiger partial charge in [0.1, 0.15) is 0 Å². The number of aromatic nitrogens is 2. The number of hydrogen-bond acceptors (Lipinski definition) is 2. The van der Waals surface area contributed by atoms with Gasteiger partial charge in [0.2, 0.25) is 0 Å². The summed E-state index contributed by atoms with van der Waals surface area (Å²) >= 11 is 9.57. The van der Waals surface area contributed by atoms with Gasteiger partial charge < -0.3 is 5.11 Å². The second-order valence-electron chi connectivity index (χ2n) is 5.61. The first-order valence-electron chi connectivity index (χ1n) is 7.30. The fourth-order valence-corrected chi connectivity index (χ4v) is 3.56. The van der Waals surface area contributed by atoms with Gasteiger partial charge in [0.25, 0.3) is 0 Å². The van der Waals surface area contributed by atoms with Crippen molar-refractivity contribution in [3.8, 4) is 0 Å². The van der Waals surface area contributed by atoms with Crippen molar-refractivity contribution >= 4 is 27.5 Å². The quantitative estimate of drug-likeness (QED) is 0.849. The summed E-state index contributed by atoms with van der Waals surface area (Å²) in [6.45, 7) is 0. The van der Waals surface area contributed by atoms with E-state index >= 15 is 0 Å². The van der Waals surface area contributed by atoms with Crippen molar-refractivity contribution in [2.75, 3.05) is 0 Å². The Labute approximate surface area is 138 Å². The van der Waals surface area contributed by atoms with Crippen LogP contribution in [0.25, 0.3) is 0 Å². The first-order chi connectivity index (χ1) is 10.1. The summed E-state index contributed by atoms with van der Waals surface area (Å²) in [5.41, 5.74) is 1.65. The molecule has 0 radical (unpaired) electrons. The van der Waals surface area contributed by atoms with E-state index in [-0.39, 0.29) is 0 Å². The van der Waals surface area contributed by atoms with E-state index in [4.69, 9.17) is 11.6 Å². The van der Waals surface area contributed by atoms with Crippen molar-refractivity contribution in [2.24, 2.45) is 0 Å². The minimum atomic E-state index is -0.637. The molecule has 21 heavy (non-hydrogen) atoms. The number of benzene rings is 1. The Bertz CT molecular complexity index is 622. The Morgan fingerprint density at radius 2 is 2.10 bits per heavy atom. The third kappa shape index (κ3) is 3.50. The van der Waals surface area contributed by atoms with Crippen LogP contribution in [-0.2, 0) is 6.42 Å². The molecule has 3 nitrogen and oxygen atoms in total. The standard InChI is InChI=1S/C16H18BrClN2O/c17-11-5-6-15(18)14(9-11)16(21)10-12-7-8-20(19-12)13-3-1-2-4-13/h5-9,13,16,21H,1-4,10H2. The van der Waals surface area contributed by atoms with Crippen LogP contribution in [-0.4, -0.2) is 14.9 Å². The normalized spacial score (nSPS) is 17.3. The molecule has 3 rings (SSSR count). The van der Waals surface area contributed by atoms with E-state index in [2.05, 4.69) is 25.7 Å². The summed E-state index contributed by atoms with van der Waals surface area (Å²) in [4.78, 5) is 0. The minimum absolute atomic E-state index is 0.482. The third-order valence-electron chi connectivity index (χ3n) is 4.08. The Kier molecular flexibility index (Phi) is 4.67. The van der Waals surface area contributed by atoms with Gasteiger partial charge >= 0.3 is 0 Å². The molecule has 1 aromatic carbocycles. The van der Waals surface area contributed by atoms with Crippen LogP contribution in [0.2, 0.25) is 5.02 Å². The first-order valence-corrected chi connectivity index (χ1v) is 8.47. The molecule has 1 atom stereocenters. The van der Waals surface area contributed by atoms with Crippen LogP contribution >= 0.6 is 27.5 Å². The lowest BCUT2D eigenvalue weighted by Gasteiger charge is -2.12. The van der Waals surface area contributed by atoms with Crippen LogP contribution in [0, 0.1) is 0 Å². The van der Waals surface area contributed by atoms with Gasteiger partial charge in [-0.2, -0.15) is 5.10 Å². The van der Waals surface area contributed by atoms with Crippen LogP contribution in [0.5, 0.6) is 0 Å². The molecule has 1 aliphatic carbocycles. The highest BCUT2D eigenvalue weighted by Gasteiger charge is 2.19. The molecule has 1 unspecified atom stereocenters. The van der Waals surface area contributed by atoms with Crippen molar-refractivity contribution in [3.05, 3.63) is 51.2 Å². The van der Waals surface area contributed by atoms with Gasteiger partial charge in [-0.25, -0.2) is 0 Å². The number of aliphatic hydroxyl groups excluding tert-OH is 1. The van der Waals surface area contributed by atoms with Crippen LogP contribution in [0.1, 0.15) is 49.1 Å². The molecule has 0 saturated heterocycles. The zero-order valence-electron chi connectivity index (χ0n) is 11.7. The maximum Gasteiger partial charge on any atom is 0.0860 e. The predicted octanol–water partition coefficient (Wildman–Crippen LogP) is 4.69. The maximum absolute atomic E-state index is 10.4. The highest BCUT2D eigenvalue weighted by atomic mass is 79.9. The van der Waals surface area contributed by atoms with E-state index in [1.807, 2.05) is 24.4 Å². The van der Waals surface area contributed by atoms with Gasteiger partial charge in [-0.1, -0.05) is 40.4 Å². The van der Waals surface area contributed by atoms with Crippen LogP contribution in [0.4, 0.5) is 0 Å². The van der Waals surface area contributed by atoms with Crippen molar-refractivity contribution in [1.82, 2.24) is 9.78 Å². The fraction of sp³-hybridized carbons (Fsp3) is 0.438. The summed E-state index contributed by atoms with van der Waals surface area (Å²) in [5.74, 6) is 0. The van der Waals surface area contributed by atoms with E-state index in [1.165, 1.54) is 25.7 Å². The lowest BCUT2D eigenvalue weighted by Crippen LogP contribution is -2.07. The molecule has 0 spiro atoms. The molecule has 1 fully saturated rings. The van der Waals surface area contributed by atoms with Crippen molar-refractivity contribution in [1.29, 1.82) is 0 Å². The average molecular weight is 370 g/mol. The minimum Gasteiger partial charge on any atom is -0.388 e. The molecule has 0 amide bonds. The molecule has 1 aliphatic rings. The van der Waals surface area contributed by atoms with Crippen LogP contribution in [0.15, 0.2) is 34.9 Å². The van der Waals surface area contributed by atoms with Crippen LogP contribution < -0.4 is 0 Å². The van der Waals surface area contributed by atoms with E-state index in [0.29, 0.717) is 17.5 Å². The lowest BCUT2D eigenvalue weighted by atomic mass is 10.1. The van der Waals surface area contributed by atoms with Gasteiger partial charge in [-0.15, -0.1) is 0 Å². The zero-order valence-corrected chi connectivity index (χ0v) is 14.0. The molecule has 0 aliphatic heterocycles. The topological polar surface area (TPSA) is 38.0 Å². The number of hydrogen-bond donors (Lipinski definition) is 1.